The fourth-order valence-electron chi connectivity index (χ4n) is 3.28. The van der Waals surface area contributed by atoms with Gasteiger partial charge in [0.2, 0.25) is 0 Å². The molecule has 1 aromatic rings. The van der Waals surface area contributed by atoms with E-state index in [9.17, 15) is 0 Å². The van der Waals surface area contributed by atoms with Crippen LogP contribution in [0.4, 0.5) is 5.82 Å². The molecule has 1 aliphatic carbocycles. The zero-order valence-corrected chi connectivity index (χ0v) is 16.8. The Morgan fingerprint density at radius 1 is 1.26 bits per heavy atom. The molecule has 2 aliphatic rings. The van der Waals surface area contributed by atoms with E-state index in [0.717, 1.165) is 63.5 Å². The minimum atomic E-state index is 0.664. The number of aliphatic imine (C=N–C) groups is 1. The van der Waals surface area contributed by atoms with Gasteiger partial charge in [0.15, 0.2) is 5.96 Å². The Balaban J connectivity index is 1.43. The number of piperidine rings is 1. The molecule has 2 fully saturated rings. The average Bonchev–Trinajstić information content (AvgIpc) is 3.54. The van der Waals surface area contributed by atoms with Crippen LogP contribution in [0.3, 0.4) is 0 Å². The van der Waals surface area contributed by atoms with Crippen molar-refractivity contribution in [3.8, 4) is 0 Å². The summed E-state index contributed by atoms with van der Waals surface area (Å²) in [6.07, 6.45) is 9.49. The fraction of sp³-hybridized carbons (Fsp3) is 0.714. The van der Waals surface area contributed by atoms with Crippen LogP contribution in [0.15, 0.2) is 23.3 Å². The van der Waals surface area contributed by atoms with Crippen molar-refractivity contribution < 1.29 is 4.74 Å². The molecule has 0 radical (unpaired) electrons. The Hall–Kier alpha value is -1.82. The first-order chi connectivity index (χ1) is 13.3. The van der Waals surface area contributed by atoms with Gasteiger partial charge in [-0.05, 0) is 69.1 Å². The fourth-order valence-corrected chi connectivity index (χ4v) is 3.28. The lowest BCUT2D eigenvalue weighted by atomic mass is 10.1. The highest BCUT2D eigenvalue weighted by atomic mass is 16.5. The zero-order valence-electron chi connectivity index (χ0n) is 16.8. The summed E-state index contributed by atoms with van der Waals surface area (Å²) in [5.41, 5.74) is 1.20. The molecule has 6 nitrogen and oxygen atoms in total. The third-order valence-corrected chi connectivity index (χ3v) is 5.06. The lowest BCUT2D eigenvalue weighted by Crippen LogP contribution is -2.38. The topological polar surface area (TPSA) is 61.8 Å². The Morgan fingerprint density at radius 3 is 2.89 bits per heavy atom. The second-order valence-corrected chi connectivity index (χ2v) is 7.56. The van der Waals surface area contributed by atoms with Crippen molar-refractivity contribution in [3.63, 3.8) is 0 Å². The number of aromatic nitrogens is 1. The molecule has 0 atom stereocenters. The van der Waals surface area contributed by atoms with Crippen LogP contribution in [0.2, 0.25) is 0 Å². The van der Waals surface area contributed by atoms with Gasteiger partial charge in [-0.25, -0.2) is 9.98 Å². The largest absolute Gasteiger partial charge is 0.381 e. The average molecular weight is 374 g/mol. The molecular weight excluding hydrogens is 338 g/mol. The summed E-state index contributed by atoms with van der Waals surface area (Å²) >= 11 is 0. The molecule has 0 unspecified atom stereocenters. The second kappa shape index (κ2) is 11.1. The van der Waals surface area contributed by atoms with Crippen LogP contribution in [0.25, 0.3) is 0 Å². The van der Waals surface area contributed by atoms with Gasteiger partial charge in [-0.1, -0.05) is 0 Å². The number of rotatable bonds is 10. The number of nitrogens with zero attached hydrogens (tertiary/aromatic N) is 3. The van der Waals surface area contributed by atoms with Crippen molar-refractivity contribution in [1.82, 2.24) is 15.6 Å². The van der Waals surface area contributed by atoms with Crippen LogP contribution in [0.1, 0.15) is 51.0 Å². The molecule has 1 saturated carbocycles. The van der Waals surface area contributed by atoms with Gasteiger partial charge in [0.05, 0.1) is 6.54 Å². The van der Waals surface area contributed by atoms with Crippen LogP contribution in [0, 0.1) is 5.92 Å². The normalized spacial score (nSPS) is 17.8. The van der Waals surface area contributed by atoms with Crippen LogP contribution in [-0.2, 0) is 11.3 Å². The van der Waals surface area contributed by atoms with Crippen molar-refractivity contribution in [2.24, 2.45) is 10.9 Å². The number of hydrogen-bond acceptors (Lipinski definition) is 4. The van der Waals surface area contributed by atoms with E-state index in [2.05, 4.69) is 39.6 Å². The van der Waals surface area contributed by atoms with E-state index in [-0.39, 0.29) is 0 Å². The van der Waals surface area contributed by atoms with E-state index in [0.29, 0.717) is 6.54 Å². The Morgan fingerprint density at radius 2 is 2.11 bits per heavy atom. The quantitative estimate of drug-likeness (QED) is 0.375. The summed E-state index contributed by atoms with van der Waals surface area (Å²) in [6, 6.07) is 4.25. The molecule has 27 heavy (non-hydrogen) atoms. The molecule has 1 aromatic heterocycles. The van der Waals surface area contributed by atoms with Crippen molar-refractivity contribution in [2.45, 2.75) is 52.0 Å². The minimum Gasteiger partial charge on any atom is -0.381 e. The van der Waals surface area contributed by atoms with Crippen molar-refractivity contribution in [2.75, 3.05) is 44.3 Å². The zero-order chi connectivity index (χ0) is 18.7. The Bertz CT molecular complexity index is 582. The van der Waals surface area contributed by atoms with Crippen molar-refractivity contribution >= 4 is 11.8 Å². The maximum Gasteiger partial charge on any atom is 0.191 e. The molecule has 2 N–H and O–H groups in total. The van der Waals surface area contributed by atoms with Gasteiger partial charge in [0.1, 0.15) is 5.82 Å². The van der Waals surface area contributed by atoms with Gasteiger partial charge < -0.3 is 20.3 Å². The molecule has 1 aliphatic heterocycles. The predicted octanol–water partition coefficient (Wildman–Crippen LogP) is 2.94. The van der Waals surface area contributed by atoms with Crippen LogP contribution in [0.5, 0.6) is 0 Å². The van der Waals surface area contributed by atoms with Gasteiger partial charge in [-0.3, -0.25) is 0 Å². The van der Waals surface area contributed by atoms with Gasteiger partial charge in [0, 0.05) is 45.6 Å². The van der Waals surface area contributed by atoms with E-state index in [1.54, 1.807) is 0 Å². The first-order valence-electron chi connectivity index (χ1n) is 10.6. The maximum atomic E-state index is 5.69. The highest BCUT2D eigenvalue weighted by molar-refractivity contribution is 5.79. The monoisotopic (exact) mass is 373 g/mol. The first-order valence-corrected chi connectivity index (χ1v) is 10.6. The number of guanidine groups is 1. The molecule has 0 bridgehead atoms. The van der Waals surface area contributed by atoms with E-state index < -0.39 is 0 Å². The van der Waals surface area contributed by atoms with Gasteiger partial charge >= 0.3 is 0 Å². The number of pyridine rings is 1. The smallest absolute Gasteiger partial charge is 0.191 e. The lowest BCUT2D eigenvalue weighted by Gasteiger charge is -2.27. The van der Waals surface area contributed by atoms with Crippen LogP contribution < -0.4 is 15.5 Å². The van der Waals surface area contributed by atoms with E-state index >= 15 is 0 Å². The second-order valence-electron chi connectivity index (χ2n) is 7.56. The number of hydrogen-bond donors (Lipinski definition) is 2. The molecular formula is C21H35N5O. The molecule has 1 saturated heterocycles. The molecule has 0 aromatic carbocycles. The van der Waals surface area contributed by atoms with Crippen molar-refractivity contribution in [1.29, 1.82) is 0 Å². The number of anilines is 1. The number of ether oxygens (including phenoxy) is 1. The minimum absolute atomic E-state index is 0.664. The van der Waals surface area contributed by atoms with Crippen molar-refractivity contribution in [3.05, 3.63) is 23.9 Å². The van der Waals surface area contributed by atoms with Crippen LogP contribution >= 0.6 is 0 Å². The summed E-state index contributed by atoms with van der Waals surface area (Å²) in [5, 5.41) is 6.73. The Kier molecular flexibility index (Phi) is 8.21. The lowest BCUT2D eigenvalue weighted by molar-refractivity contribution is 0.123. The molecule has 2 heterocycles. The SMILES string of the molecule is CCNC(=NCc1ccnc(N2CCCCC2)c1)NCCCOCC1CC1. The highest BCUT2D eigenvalue weighted by Crippen LogP contribution is 2.28. The molecule has 6 heteroatoms. The third-order valence-electron chi connectivity index (χ3n) is 5.06. The summed E-state index contributed by atoms with van der Waals surface area (Å²) in [5.74, 6) is 2.80. The molecule has 3 rings (SSSR count). The summed E-state index contributed by atoms with van der Waals surface area (Å²) in [4.78, 5) is 11.7. The van der Waals surface area contributed by atoms with E-state index in [4.69, 9.17) is 9.73 Å². The molecule has 0 amide bonds. The maximum absolute atomic E-state index is 5.69. The van der Waals surface area contributed by atoms with Crippen LogP contribution in [-0.4, -0.2) is 50.3 Å². The van der Waals surface area contributed by atoms with Gasteiger partial charge in [-0.2, -0.15) is 0 Å². The predicted molar refractivity (Wildman–Crippen MR) is 111 cm³/mol. The highest BCUT2D eigenvalue weighted by Gasteiger charge is 2.20. The molecule has 0 spiro atoms. The van der Waals surface area contributed by atoms with Gasteiger partial charge in [0.25, 0.3) is 0 Å². The third kappa shape index (κ3) is 7.37. The van der Waals surface area contributed by atoms with E-state index in [1.807, 2.05) is 6.20 Å². The van der Waals surface area contributed by atoms with E-state index in [1.165, 1.54) is 37.7 Å². The van der Waals surface area contributed by atoms with Gasteiger partial charge in [-0.15, -0.1) is 0 Å². The first kappa shape index (κ1) is 19.9. The standard InChI is InChI=1S/C21H35N5O/c1-2-22-21(24-10-6-14-27-17-18-7-8-18)25-16-19-9-11-23-20(15-19)26-12-4-3-5-13-26/h9,11,15,18H,2-8,10,12-14,16-17H2,1H3,(H2,22,24,25). The summed E-state index contributed by atoms with van der Waals surface area (Å²) in [6.45, 7) is 8.50. The Labute approximate surface area is 163 Å². The summed E-state index contributed by atoms with van der Waals surface area (Å²) in [7, 11) is 0. The summed E-state index contributed by atoms with van der Waals surface area (Å²) < 4.78 is 5.69. The number of nitrogens with one attached hydrogen (secondary N) is 2. The molecule has 150 valence electrons.